The first-order chi connectivity index (χ1) is 21.4. The number of esters is 1. The Labute approximate surface area is 267 Å². The number of carbonyl (C=O) groups excluding carboxylic acids is 4. The quantitative estimate of drug-likeness (QED) is 0.0566. The molecular formula is C33H51N5O7. The van der Waals surface area contributed by atoms with Crippen molar-refractivity contribution in [1.29, 1.82) is 0 Å². The van der Waals surface area contributed by atoms with Crippen molar-refractivity contribution in [2.24, 2.45) is 4.99 Å². The molecule has 0 unspecified atom stereocenters. The largest absolute Gasteiger partial charge is 0.508 e. The van der Waals surface area contributed by atoms with Crippen molar-refractivity contribution in [1.82, 2.24) is 21.3 Å². The lowest BCUT2D eigenvalue weighted by Gasteiger charge is -2.22. The van der Waals surface area contributed by atoms with Gasteiger partial charge in [0.1, 0.15) is 17.4 Å². The summed E-state index contributed by atoms with van der Waals surface area (Å²) in [5.74, 6) is -1.05. The maximum Gasteiger partial charge on any atom is 0.414 e. The first kappa shape index (κ1) is 38.7. The number of alkyl carbamates (subject to hydrolysis) is 1. The van der Waals surface area contributed by atoms with E-state index < -0.39 is 41.6 Å². The lowest BCUT2D eigenvalue weighted by Crippen LogP contribution is -2.50. The van der Waals surface area contributed by atoms with E-state index in [1.165, 1.54) is 31.3 Å². The van der Waals surface area contributed by atoms with Gasteiger partial charge in [-0.25, -0.2) is 9.59 Å². The van der Waals surface area contributed by atoms with E-state index in [0.29, 0.717) is 19.4 Å². The van der Waals surface area contributed by atoms with Crippen LogP contribution in [0.2, 0.25) is 0 Å². The van der Waals surface area contributed by atoms with Crippen LogP contribution in [0.5, 0.6) is 5.75 Å². The summed E-state index contributed by atoms with van der Waals surface area (Å²) < 4.78 is 10.2. The highest BCUT2D eigenvalue weighted by Crippen LogP contribution is 2.12. The van der Waals surface area contributed by atoms with Crippen LogP contribution < -0.4 is 21.3 Å². The van der Waals surface area contributed by atoms with E-state index in [0.717, 1.165) is 31.2 Å². The lowest BCUT2D eigenvalue weighted by atomic mass is 10.0. The van der Waals surface area contributed by atoms with Crippen LogP contribution >= 0.6 is 0 Å². The summed E-state index contributed by atoms with van der Waals surface area (Å²) in [6, 6.07) is 4.91. The zero-order valence-electron chi connectivity index (χ0n) is 27.5. The number of nitrogens with one attached hydrogen (secondary N) is 4. The highest BCUT2D eigenvalue weighted by Gasteiger charge is 2.23. The molecule has 1 rings (SSSR count). The summed E-state index contributed by atoms with van der Waals surface area (Å²) in [6.45, 7) is 9.67. The normalized spacial score (nSPS) is 13.2. The van der Waals surface area contributed by atoms with E-state index in [1.807, 2.05) is 0 Å². The third-order valence-electron chi connectivity index (χ3n) is 6.16. The van der Waals surface area contributed by atoms with Gasteiger partial charge in [-0.1, -0.05) is 44.1 Å². The third kappa shape index (κ3) is 18.8. The molecule has 0 saturated heterocycles. The smallest absolute Gasteiger partial charge is 0.414 e. The zero-order valence-corrected chi connectivity index (χ0v) is 27.5. The standard InChI is InChI=1S/C33H51N5O7/c1-7-9-10-11-12-15-28(40)37-27(23-24-16-19-26(39)20-17-24)30(42)36-25(18-21-29(41)44-8-2)14-13-22-35-31(34-6)38-32(43)45-33(3,4)5/h12,15-21,25,27,39H,7-11,13-14,22-23H2,1-6H3,(H,36,42)(H,37,40)(H2,34,35,38,43)/b15-12+,21-18+/t25-,27-/m0/s1. The molecule has 45 heavy (non-hydrogen) atoms. The number of carbonyl (C=O) groups is 4. The van der Waals surface area contributed by atoms with Crippen LogP contribution in [-0.4, -0.2) is 72.8 Å². The summed E-state index contributed by atoms with van der Waals surface area (Å²) in [5, 5.41) is 21.0. The Morgan fingerprint density at radius 3 is 2.33 bits per heavy atom. The number of guanidine groups is 1. The van der Waals surface area contributed by atoms with Gasteiger partial charge in [0.15, 0.2) is 0 Å². The van der Waals surface area contributed by atoms with Crippen molar-refractivity contribution in [2.45, 2.75) is 97.2 Å². The van der Waals surface area contributed by atoms with Crippen LogP contribution in [0.4, 0.5) is 4.79 Å². The molecule has 0 saturated carbocycles. The van der Waals surface area contributed by atoms with E-state index >= 15 is 0 Å². The number of hydrogen-bond acceptors (Lipinski definition) is 8. The SMILES string of the molecule is CCCCC/C=C/C(=O)N[C@@H](Cc1ccc(O)cc1)C(=O)N[C@H](/C=C/C(=O)OCC)CCCNC(=NC)NC(=O)OC(C)(C)C. The first-order valence-electron chi connectivity index (χ1n) is 15.5. The summed E-state index contributed by atoms with van der Waals surface area (Å²) in [7, 11) is 1.52. The van der Waals surface area contributed by atoms with E-state index in [9.17, 15) is 24.3 Å². The molecule has 12 heteroatoms. The molecule has 1 aromatic carbocycles. The number of rotatable bonds is 17. The highest BCUT2D eigenvalue weighted by atomic mass is 16.6. The summed E-state index contributed by atoms with van der Waals surface area (Å²) in [6.07, 6.45) is 10.4. The number of unbranched alkanes of at least 4 members (excludes halogenated alkanes) is 3. The molecule has 2 atom stereocenters. The maximum atomic E-state index is 13.5. The summed E-state index contributed by atoms with van der Waals surface area (Å²) in [5.41, 5.74) is 0.0799. The number of ether oxygens (including phenoxy) is 2. The summed E-state index contributed by atoms with van der Waals surface area (Å²) >= 11 is 0. The molecule has 0 spiro atoms. The second kappa shape index (κ2) is 21.4. The Kier molecular flexibility index (Phi) is 18.4. The number of allylic oxidation sites excluding steroid dienone is 1. The Bertz CT molecular complexity index is 1160. The molecular weight excluding hydrogens is 578 g/mol. The number of phenolic OH excluding ortho intramolecular Hbond substituents is 1. The van der Waals surface area contributed by atoms with E-state index in [1.54, 1.807) is 52.0 Å². The maximum absolute atomic E-state index is 13.5. The monoisotopic (exact) mass is 629 g/mol. The molecule has 0 aliphatic rings. The fourth-order valence-corrected chi connectivity index (χ4v) is 3.99. The average molecular weight is 630 g/mol. The molecule has 0 fully saturated rings. The highest BCUT2D eigenvalue weighted by molar-refractivity contribution is 5.94. The van der Waals surface area contributed by atoms with E-state index in [2.05, 4.69) is 33.2 Å². The minimum Gasteiger partial charge on any atom is -0.508 e. The fraction of sp³-hybridized carbons (Fsp3) is 0.545. The molecule has 12 nitrogen and oxygen atoms in total. The van der Waals surface area contributed by atoms with Crippen LogP contribution in [-0.2, 0) is 30.3 Å². The van der Waals surface area contributed by atoms with Crippen molar-refractivity contribution in [3.63, 3.8) is 0 Å². The molecule has 0 aliphatic heterocycles. The summed E-state index contributed by atoms with van der Waals surface area (Å²) in [4.78, 5) is 54.4. The second-order valence-corrected chi connectivity index (χ2v) is 11.3. The second-order valence-electron chi connectivity index (χ2n) is 11.3. The van der Waals surface area contributed by atoms with Crippen LogP contribution in [0, 0.1) is 0 Å². The Morgan fingerprint density at radius 1 is 1.00 bits per heavy atom. The van der Waals surface area contributed by atoms with Crippen molar-refractivity contribution in [3.05, 3.63) is 54.1 Å². The molecule has 250 valence electrons. The Balaban J connectivity index is 2.97. The predicted octanol–water partition coefficient (Wildman–Crippen LogP) is 4.04. The van der Waals surface area contributed by atoms with Crippen molar-refractivity contribution in [2.75, 3.05) is 20.2 Å². The number of nitrogens with zero attached hydrogens (tertiary/aromatic N) is 1. The van der Waals surface area contributed by atoms with Gasteiger partial charge in [0, 0.05) is 32.1 Å². The van der Waals surface area contributed by atoms with Crippen molar-refractivity contribution in [3.8, 4) is 5.75 Å². The zero-order chi connectivity index (χ0) is 33.7. The van der Waals surface area contributed by atoms with Crippen LogP contribution in [0.15, 0.2) is 53.6 Å². The van der Waals surface area contributed by atoms with Gasteiger partial charge in [0.05, 0.1) is 6.61 Å². The van der Waals surface area contributed by atoms with Crippen molar-refractivity contribution >= 4 is 29.8 Å². The van der Waals surface area contributed by atoms with Gasteiger partial charge < -0.3 is 30.5 Å². The molecule has 0 aliphatic carbocycles. The molecule has 1 aromatic rings. The number of benzene rings is 1. The fourth-order valence-electron chi connectivity index (χ4n) is 3.99. The third-order valence-corrected chi connectivity index (χ3v) is 6.16. The molecule has 0 heterocycles. The predicted molar refractivity (Wildman–Crippen MR) is 175 cm³/mol. The van der Waals surface area contributed by atoms with Gasteiger partial charge in [-0.3, -0.25) is 19.9 Å². The Hall–Kier alpha value is -4.35. The average Bonchev–Trinajstić information content (AvgIpc) is 2.97. The molecule has 0 aromatic heterocycles. The van der Waals surface area contributed by atoms with Gasteiger partial charge in [-0.05, 0) is 77.2 Å². The number of phenols is 1. The van der Waals surface area contributed by atoms with Crippen molar-refractivity contribution < 1.29 is 33.8 Å². The van der Waals surface area contributed by atoms with Gasteiger partial charge in [-0.2, -0.15) is 0 Å². The van der Waals surface area contributed by atoms with Crippen LogP contribution in [0.3, 0.4) is 0 Å². The minimum absolute atomic E-state index is 0.0918. The van der Waals surface area contributed by atoms with E-state index in [4.69, 9.17) is 9.47 Å². The lowest BCUT2D eigenvalue weighted by molar-refractivity contribution is -0.137. The van der Waals surface area contributed by atoms with Gasteiger partial charge in [-0.15, -0.1) is 0 Å². The number of aromatic hydroxyl groups is 1. The number of aliphatic imine (C=N–C) groups is 1. The number of hydrogen-bond donors (Lipinski definition) is 5. The Morgan fingerprint density at radius 2 is 1.71 bits per heavy atom. The topological polar surface area (TPSA) is 167 Å². The van der Waals surface area contributed by atoms with E-state index in [-0.39, 0.29) is 24.7 Å². The van der Waals surface area contributed by atoms with Gasteiger partial charge in [0.25, 0.3) is 0 Å². The molecule has 0 radical (unpaired) electrons. The number of amides is 3. The minimum atomic E-state index is -0.921. The first-order valence-corrected chi connectivity index (χ1v) is 15.5. The van der Waals surface area contributed by atoms with Gasteiger partial charge in [0.2, 0.25) is 17.8 Å². The molecule has 3 amide bonds. The molecule has 0 bridgehead atoms. The van der Waals surface area contributed by atoms with Gasteiger partial charge >= 0.3 is 12.1 Å². The van der Waals surface area contributed by atoms with Crippen LogP contribution in [0.25, 0.3) is 0 Å². The molecule has 5 N–H and O–H groups in total. The van der Waals surface area contributed by atoms with Crippen LogP contribution in [0.1, 0.15) is 78.7 Å².